The van der Waals surface area contributed by atoms with E-state index in [-0.39, 0.29) is 6.61 Å². The van der Waals surface area contributed by atoms with Crippen molar-refractivity contribution in [1.29, 1.82) is 5.41 Å². The van der Waals surface area contributed by atoms with Crippen molar-refractivity contribution < 1.29 is 38.1 Å². The van der Waals surface area contributed by atoms with Crippen LogP contribution in [0.1, 0.15) is 20.8 Å². The molecule has 0 aromatic heterocycles. The monoisotopic (exact) mass is 448 g/mol. The third-order valence-corrected chi connectivity index (χ3v) is 3.75. The molecule has 0 aromatic rings. The lowest BCUT2D eigenvalue weighted by Gasteiger charge is -2.43. The molecule has 1 heterocycles. The lowest BCUT2D eigenvalue weighted by molar-refractivity contribution is -0.256. The maximum Gasteiger partial charge on any atom is 0.303 e. The lowest BCUT2D eigenvalue weighted by Crippen LogP contribution is -2.65. The van der Waals surface area contributed by atoms with E-state index in [9.17, 15) is 14.4 Å². The second kappa shape index (κ2) is 9.74. The highest BCUT2D eigenvalue weighted by atomic mass is 35.6. The minimum atomic E-state index is -2.20. The zero-order valence-corrected chi connectivity index (χ0v) is 16.8. The standard InChI is InChI=1S/C14H19Cl3N2O8/c1-5(20)23-4-8-10(24-6(2)21)11(25-7(3)22)9(18)12(26-8)27-13(19)14(15,16)17/h8-12,19H,4,18H2,1-3H3. The predicted molar refractivity (Wildman–Crippen MR) is 93.5 cm³/mol. The van der Waals surface area contributed by atoms with Gasteiger partial charge in [-0.05, 0) is 0 Å². The van der Waals surface area contributed by atoms with Crippen LogP contribution < -0.4 is 5.73 Å². The molecule has 0 aliphatic carbocycles. The third kappa shape index (κ3) is 7.30. The fourth-order valence-electron chi connectivity index (χ4n) is 2.22. The number of rotatable bonds is 5. The average Bonchev–Trinajstić information content (AvgIpc) is 2.50. The minimum absolute atomic E-state index is 0.376. The van der Waals surface area contributed by atoms with Crippen molar-refractivity contribution >= 4 is 58.6 Å². The minimum Gasteiger partial charge on any atom is -0.463 e. The van der Waals surface area contributed by atoms with Gasteiger partial charge in [0.25, 0.3) is 3.79 Å². The van der Waals surface area contributed by atoms with Crippen molar-refractivity contribution in [1.82, 2.24) is 0 Å². The first kappa shape index (κ1) is 23.7. The van der Waals surface area contributed by atoms with Crippen molar-refractivity contribution in [3.63, 3.8) is 0 Å². The van der Waals surface area contributed by atoms with Gasteiger partial charge in [-0.3, -0.25) is 19.8 Å². The Morgan fingerprint density at radius 3 is 1.96 bits per heavy atom. The zero-order valence-electron chi connectivity index (χ0n) is 14.6. The number of halogens is 3. The maximum atomic E-state index is 11.5. The van der Waals surface area contributed by atoms with E-state index in [0.29, 0.717) is 0 Å². The van der Waals surface area contributed by atoms with E-state index in [1.807, 2.05) is 0 Å². The molecule has 10 nitrogen and oxygen atoms in total. The Balaban J connectivity index is 3.14. The molecular formula is C14H19Cl3N2O8. The summed E-state index contributed by atoms with van der Waals surface area (Å²) in [6, 6.07) is -1.22. The summed E-state index contributed by atoms with van der Waals surface area (Å²) in [7, 11) is 0. The summed E-state index contributed by atoms with van der Waals surface area (Å²) in [4.78, 5) is 34.0. The fourth-order valence-corrected chi connectivity index (χ4v) is 2.35. The summed E-state index contributed by atoms with van der Waals surface area (Å²) >= 11 is 16.7. The molecule has 154 valence electrons. The van der Waals surface area contributed by atoms with E-state index in [1.54, 1.807) is 0 Å². The molecule has 5 atom stereocenters. The van der Waals surface area contributed by atoms with E-state index in [4.69, 9.17) is 69.6 Å². The van der Waals surface area contributed by atoms with Crippen LogP contribution >= 0.6 is 34.8 Å². The Kier molecular flexibility index (Phi) is 8.55. The third-order valence-electron chi connectivity index (χ3n) is 3.24. The van der Waals surface area contributed by atoms with Gasteiger partial charge in [0, 0.05) is 20.8 Å². The van der Waals surface area contributed by atoms with Crippen molar-refractivity contribution in [2.75, 3.05) is 6.61 Å². The summed E-state index contributed by atoms with van der Waals surface area (Å²) in [6.07, 6.45) is -5.00. The molecule has 27 heavy (non-hydrogen) atoms. The SMILES string of the molecule is CC(=O)OCC1OC(OC(=N)C(Cl)(Cl)Cl)C(N)C(OC(C)=O)C1OC(C)=O. The van der Waals surface area contributed by atoms with Gasteiger partial charge in [-0.2, -0.15) is 0 Å². The number of carbonyl (C=O) groups excluding carboxylic acids is 3. The van der Waals surface area contributed by atoms with Gasteiger partial charge in [-0.15, -0.1) is 0 Å². The van der Waals surface area contributed by atoms with Gasteiger partial charge in [-0.25, -0.2) is 0 Å². The van der Waals surface area contributed by atoms with Gasteiger partial charge in [0.2, 0.25) is 12.2 Å². The van der Waals surface area contributed by atoms with Crippen LogP contribution in [0.3, 0.4) is 0 Å². The van der Waals surface area contributed by atoms with Crippen LogP contribution in [0.2, 0.25) is 0 Å². The molecule has 1 aliphatic heterocycles. The maximum absolute atomic E-state index is 11.5. The first-order chi connectivity index (χ1) is 12.3. The van der Waals surface area contributed by atoms with Crippen LogP contribution in [0.5, 0.6) is 0 Å². The fraction of sp³-hybridized carbons (Fsp3) is 0.714. The van der Waals surface area contributed by atoms with Gasteiger partial charge in [0.05, 0.1) is 0 Å². The van der Waals surface area contributed by atoms with Crippen molar-refractivity contribution in [3.8, 4) is 0 Å². The van der Waals surface area contributed by atoms with E-state index >= 15 is 0 Å². The van der Waals surface area contributed by atoms with Gasteiger partial charge in [0.15, 0.2) is 12.2 Å². The van der Waals surface area contributed by atoms with Crippen LogP contribution in [0.25, 0.3) is 0 Å². The van der Waals surface area contributed by atoms with Crippen molar-refractivity contribution in [3.05, 3.63) is 0 Å². The second-order valence-corrected chi connectivity index (χ2v) is 7.80. The highest BCUT2D eigenvalue weighted by Gasteiger charge is 2.51. The molecule has 0 saturated carbocycles. The molecule has 1 aliphatic rings. The molecule has 0 radical (unpaired) electrons. The molecular weight excluding hydrogens is 431 g/mol. The number of hydrogen-bond acceptors (Lipinski definition) is 10. The Bertz CT molecular complexity index is 597. The molecule has 0 bridgehead atoms. The van der Waals surface area contributed by atoms with Crippen LogP contribution in [-0.2, 0) is 38.1 Å². The first-order valence-electron chi connectivity index (χ1n) is 7.54. The Morgan fingerprint density at radius 1 is 1.00 bits per heavy atom. The van der Waals surface area contributed by atoms with E-state index in [0.717, 1.165) is 20.8 Å². The molecule has 0 spiro atoms. The number of hydrogen-bond donors (Lipinski definition) is 2. The smallest absolute Gasteiger partial charge is 0.303 e. The number of carbonyl (C=O) groups is 3. The molecule has 1 saturated heterocycles. The van der Waals surface area contributed by atoms with Crippen LogP contribution in [-0.4, -0.2) is 64.8 Å². The molecule has 5 unspecified atom stereocenters. The van der Waals surface area contributed by atoms with Crippen LogP contribution in [0.4, 0.5) is 0 Å². The van der Waals surface area contributed by atoms with Crippen LogP contribution in [0.15, 0.2) is 0 Å². The zero-order chi connectivity index (χ0) is 20.9. The molecule has 13 heteroatoms. The van der Waals surface area contributed by atoms with Gasteiger partial charge >= 0.3 is 17.9 Å². The Labute approximate surface area is 169 Å². The molecule has 0 aromatic carbocycles. The highest BCUT2D eigenvalue weighted by Crippen LogP contribution is 2.31. The van der Waals surface area contributed by atoms with E-state index in [1.165, 1.54) is 0 Å². The van der Waals surface area contributed by atoms with Gasteiger partial charge in [0.1, 0.15) is 18.8 Å². The molecule has 3 N–H and O–H groups in total. The lowest BCUT2D eigenvalue weighted by atomic mass is 9.97. The quantitative estimate of drug-likeness (QED) is 0.205. The Morgan fingerprint density at radius 2 is 1.52 bits per heavy atom. The number of esters is 3. The summed E-state index contributed by atoms with van der Waals surface area (Å²) in [5.41, 5.74) is 6.00. The predicted octanol–water partition coefficient (Wildman–Crippen LogP) is 0.829. The van der Waals surface area contributed by atoms with Crippen molar-refractivity contribution in [2.24, 2.45) is 5.73 Å². The normalized spacial score (nSPS) is 28.0. The first-order valence-corrected chi connectivity index (χ1v) is 8.67. The summed E-state index contributed by atoms with van der Waals surface area (Å²) in [6.45, 7) is 3.03. The number of alkyl halides is 3. The molecule has 1 fully saturated rings. The number of nitrogens with one attached hydrogen (secondary N) is 1. The molecule has 1 rings (SSSR count). The highest BCUT2D eigenvalue weighted by molar-refractivity contribution is 6.76. The van der Waals surface area contributed by atoms with Gasteiger partial charge in [-0.1, -0.05) is 34.8 Å². The Hall–Kier alpha value is -1.33. The second-order valence-electron chi connectivity index (χ2n) is 5.52. The topological polar surface area (TPSA) is 147 Å². The van der Waals surface area contributed by atoms with Gasteiger partial charge < -0.3 is 29.4 Å². The van der Waals surface area contributed by atoms with Crippen molar-refractivity contribution in [2.45, 2.75) is 55.2 Å². The van der Waals surface area contributed by atoms with Crippen LogP contribution in [0, 0.1) is 5.41 Å². The van der Waals surface area contributed by atoms with E-state index in [2.05, 4.69) is 0 Å². The summed E-state index contributed by atoms with van der Waals surface area (Å²) < 4.78 is 23.6. The number of nitrogens with two attached hydrogens (primary N) is 1. The van der Waals surface area contributed by atoms with E-state index < -0.39 is 58.2 Å². The number of ether oxygens (including phenoxy) is 5. The summed E-state index contributed by atoms with van der Waals surface area (Å²) in [5.74, 6) is -2.87. The average molecular weight is 450 g/mol. The largest absolute Gasteiger partial charge is 0.463 e. The summed E-state index contributed by atoms with van der Waals surface area (Å²) in [5, 5.41) is 7.64. The molecule has 0 amide bonds.